The molecule has 0 amide bonds. The molecule has 0 saturated heterocycles. The normalized spacial score (nSPS) is 34.5. The Bertz CT molecular complexity index is 395. The lowest BCUT2D eigenvalue weighted by molar-refractivity contribution is -0.122. The van der Waals surface area contributed by atoms with Crippen LogP contribution in [0.15, 0.2) is 12.2 Å². The number of hydrogen-bond donors (Lipinski definition) is 0. The van der Waals surface area contributed by atoms with Crippen LogP contribution >= 0.6 is 22.6 Å². The largest absolute Gasteiger partial charge is 0.299 e. The minimum absolute atomic E-state index is 0.100. The molecule has 2 rings (SSSR count). The molecule has 0 aromatic rings. The number of unbranched alkanes of at least 4 members (excludes halogenated alkanes) is 2. The summed E-state index contributed by atoms with van der Waals surface area (Å²) in [6.07, 6.45) is 14.8. The molecule has 0 aromatic heterocycles. The summed E-state index contributed by atoms with van der Waals surface area (Å²) in [5.41, 5.74) is 0. The van der Waals surface area contributed by atoms with E-state index in [-0.39, 0.29) is 17.8 Å². The van der Waals surface area contributed by atoms with Gasteiger partial charge in [0, 0.05) is 16.3 Å². The van der Waals surface area contributed by atoms with Crippen LogP contribution in [0, 0.1) is 17.8 Å². The Kier molecular flexibility index (Phi) is 8.56. The highest BCUT2D eigenvalue weighted by Gasteiger charge is 2.33. The van der Waals surface area contributed by atoms with Gasteiger partial charge in [-0.1, -0.05) is 67.3 Å². The third kappa shape index (κ3) is 6.13. The molecule has 0 N–H and O–H groups in total. The quantitative estimate of drug-likeness (QED) is 0.186. The maximum Gasteiger partial charge on any atom is 0.139 e. The summed E-state index contributed by atoms with van der Waals surface area (Å²) < 4.78 is 15.3. The van der Waals surface area contributed by atoms with Crippen molar-refractivity contribution in [1.29, 1.82) is 0 Å². The molecule has 23 heavy (non-hydrogen) atoms. The zero-order valence-electron chi connectivity index (χ0n) is 14.5. The molecule has 132 valence electrons. The van der Waals surface area contributed by atoms with Crippen LogP contribution in [0.25, 0.3) is 0 Å². The van der Waals surface area contributed by atoms with Crippen LogP contribution in [0.2, 0.25) is 0 Å². The van der Waals surface area contributed by atoms with Gasteiger partial charge in [0.1, 0.15) is 12.0 Å². The fraction of sp³-hybridized carbons (Fsp3) is 0.850. The highest BCUT2D eigenvalue weighted by Crippen LogP contribution is 2.37. The van der Waals surface area contributed by atoms with E-state index in [0.29, 0.717) is 16.1 Å². The average molecular weight is 434 g/mol. The molecule has 0 aliphatic heterocycles. The van der Waals surface area contributed by atoms with Gasteiger partial charge in [0.2, 0.25) is 0 Å². The molecular weight excluding hydrogens is 402 g/mol. The van der Waals surface area contributed by atoms with Crippen LogP contribution in [0.5, 0.6) is 0 Å². The Morgan fingerprint density at radius 2 is 1.83 bits per heavy atom. The first-order valence-corrected chi connectivity index (χ1v) is 10.9. The second kappa shape index (κ2) is 10.1. The van der Waals surface area contributed by atoms with Gasteiger partial charge in [-0.25, -0.2) is 4.39 Å². The number of carbonyl (C=O) groups excluding carboxylic acids is 1. The van der Waals surface area contributed by atoms with Crippen molar-refractivity contribution in [3.63, 3.8) is 0 Å². The number of hydrogen-bond acceptors (Lipinski definition) is 1. The number of carbonyl (C=O) groups is 1. The number of halogens is 2. The molecular formula is C20H32FIO. The molecule has 0 heterocycles. The number of rotatable bonds is 8. The van der Waals surface area contributed by atoms with E-state index in [2.05, 4.69) is 41.7 Å². The Morgan fingerprint density at radius 3 is 2.48 bits per heavy atom. The van der Waals surface area contributed by atoms with Gasteiger partial charge in [-0.2, -0.15) is 0 Å². The van der Waals surface area contributed by atoms with Crippen LogP contribution in [0.1, 0.15) is 77.6 Å². The summed E-state index contributed by atoms with van der Waals surface area (Å²) in [7, 11) is 0. The summed E-state index contributed by atoms with van der Waals surface area (Å²) in [4.78, 5) is 12.4. The van der Waals surface area contributed by atoms with Crippen LogP contribution in [0.4, 0.5) is 4.39 Å². The maximum absolute atomic E-state index is 14.8. The van der Waals surface area contributed by atoms with Crippen LogP contribution in [-0.2, 0) is 4.79 Å². The summed E-state index contributed by atoms with van der Waals surface area (Å²) in [6, 6.07) is 0. The Balaban J connectivity index is 1.75. The van der Waals surface area contributed by atoms with Gasteiger partial charge in [-0.05, 0) is 50.4 Å². The van der Waals surface area contributed by atoms with Crippen molar-refractivity contribution in [2.45, 2.75) is 87.6 Å². The molecule has 0 spiro atoms. The molecule has 0 radical (unpaired) electrons. The molecule has 1 fully saturated rings. The van der Waals surface area contributed by atoms with Gasteiger partial charge in [0.05, 0.1) is 0 Å². The predicted molar refractivity (Wildman–Crippen MR) is 104 cm³/mol. The molecule has 1 nitrogen and oxygen atoms in total. The molecule has 2 aliphatic rings. The van der Waals surface area contributed by atoms with Gasteiger partial charge < -0.3 is 0 Å². The fourth-order valence-electron chi connectivity index (χ4n) is 4.18. The number of ketones is 1. The zero-order chi connectivity index (χ0) is 16.7. The lowest BCUT2D eigenvalue weighted by atomic mass is 9.75. The van der Waals surface area contributed by atoms with E-state index >= 15 is 0 Å². The van der Waals surface area contributed by atoms with Gasteiger partial charge in [0.15, 0.2) is 0 Å². The second-order valence-corrected chi connectivity index (χ2v) is 9.08. The predicted octanol–water partition coefficient (Wildman–Crippen LogP) is 6.44. The number of alkyl halides is 2. The van der Waals surface area contributed by atoms with E-state index in [0.717, 1.165) is 51.4 Å². The molecule has 0 bridgehead atoms. The third-order valence-electron chi connectivity index (χ3n) is 5.71. The van der Waals surface area contributed by atoms with E-state index < -0.39 is 6.17 Å². The Morgan fingerprint density at radius 1 is 1.09 bits per heavy atom. The van der Waals surface area contributed by atoms with Crippen molar-refractivity contribution in [3.8, 4) is 0 Å². The van der Waals surface area contributed by atoms with Gasteiger partial charge in [-0.3, -0.25) is 4.79 Å². The minimum atomic E-state index is -0.672. The van der Waals surface area contributed by atoms with E-state index in [1.165, 1.54) is 12.8 Å². The summed E-state index contributed by atoms with van der Waals surface area (Å²) in [5, 5.41) is 0. The highest BCUT2D eigenvalue weighted by atomic mass is 127. The van der Waals surface area contributed by atoms with Crippen molar-refractivity contribution in [1.82, 2.24) is 0 Å². The maximum atomic E-state index is 14.8. The van der Waals surface area contributed by atoms with Crippen molar-refractivity contribution in [2.24, 2.45) is 17.8 Å². The van der Waals surface area contributed by atoms with Gasteiger partial charge in [0.25, 0.3) is 0 Å². The summed E-state index contributed by atoms with van der Waals surface area (Å²) >= 11 is 2.42. The molecule has 2 aliphatic carbocycles. The summed E-state index contributed by atoms with van der Waals surface area (Å²) in [5.74, 6) is 0.821. The fourth-order valence-corrected chi connectivity index (χ4v) is 4.78. The number of allylic oxidation sites excluding steroid dienone is 2. The molecule has 0 aromatic carbocycles. The Hall–Kier alpha value is 0.0700. The lowest BCUT2D eigenvalue weighted by Crippen LogP contribution is -2.31. The van der Waals surface area contributed by atoms with E-state index in [9.17, 15) is 9.18 Å². The lowest BCUT2D eigenvalue weighted by Gasteiger charge is -2.33. The second-order valence-electron chi connectivity index (χ2n) is 7.48. The van der Waals surface area contributed by atoms with Gasteiger partial charge in [-0.15, -0.1) is 0 Å². The minimum Gasteiger partial charge on any atom is -0.299 e. The molecule has 5 unspecified atom stereocenters. The molecule has 3 heteroatoms. The third-order valence-corrected chi connectivity index (χ3v) is 6.75. The van der Waals surface area contributed by atoms with Crippen LogP contribution < -0.4 is 0 Å². The summed E-state index contributed by atoms with van der Waals surface area (Å²) in [6.45, 7) is 2.20. The van der Waals surface area contributed by atoms with E-state index in [4.69, 9.17) is 0 Å². The molecule has 5 atom stereocenters. The van der Waals surface area contributed by atoms with Gasteiger partial charge >= 0.3 is 0 Å². The Labute approximate surface area is 155 Å². The van der Waals surface area contributed by atoms with Crippen molar-refractivity contribution >= 4 is 28.4 Å². The average Bonchev–Trinajstić information content (AvgIpc) is 2.56. The first kappa shape index (κ1) is 19.4. The highest BCUT2D eigenvalue weighted by molar-refractivity contribution is 14.1. The smallest absolute Gasteiger partial charge is 0.139 e. The number of Topliss-reactive ketones (excluding diaryl/α,β-unsaturated/α-hetero) is 1. The van der Waals surface area contributed by atoms with E-state index in [1.807, 2.05) is 0 Å². The van der Waals surface area contributed by atoms with Crippen LogP contribution in [-0.4, -0.2) is 15.9 Å². The first-order valence-electron chi connectivity index (χ1n) is 9.61. The topological polar surface area (TPSA) is 17.1 Å². The van der Waals surface area contributed by atoms with Crippen molar-refractivity contribution < 1.29 is 9.18 Å². The zero-order valence-corrected chi connectivity index (χ0v) is 16.6. The SMILES string of the molecule is CCCCCC1CCCC(CCC(=O)C2C=CC(I)CC2)C1F. The monoisotopic (exact) mass is 434 g/mol. The van der Waals surface area contributed by atoms with Crippen LogP contribution in [0.3, 0.4) is 0 Å². The van der Waals surface area contributed by atoms with Crippen molar-refractivity contribution in [2.75, 3.05) is 0 Å². The molecule has 1 saturated carbocycles. The first-order chi connectivity index (χ1) is 11.1. The van der Waals surface area contributed by atoms with E-state index in [1.54, 1.807) is 0 Å². The van der Waals surface area contributed by atoms with Crippen molar-refractivity contribution in [3.05, 3.63) is 12.2 Å². The standard InChI is InChI=1S/C20H32FIO/c1-2-3-4-6-16-7-5-8-17(20(16)21)11-14-19(23)15-9-12-18(22)13-10-15/h9,12,15-18,20H,2-8,10-11,13-14H2,1H3.